The monoisotopic (exact) mass is 508 g/mol. The fraction of sp³-hybridized carbons (Fsp3) is 0.357. The van der Waals surface area contributed by atoms with E-state index in [-0.39, 0.29) is 18.7 Å². The molecule has 0 radical (unpaired) electrons. The molecule has 1 aliphatic heterocycles. The number of benzene rings is 2. The van der Waals surface area contributed by atoms with Crippen molar-refractivity contribution in [1.82, 2.24) is 4.90 Å². The van der Waals surface area contributed by atoms with Crippen molar-refractivity contribution in [2.75, 3.05) is 67.4 Å². The average Bonchev–Trinajstić information content (AvgIpc) is 2.90. The highest BCUT2D eigenvalue weighted by Gasteiger charge is 2.16. The zero-order chi connectivity index (χ0) is 26.6. The van der Waals surface area contributed by atoms with Gasteiger partial charge in [0.25, 0.3) is 0 Å². The SMILES string of the molecule is C=CC(=O)Nc1cccc(N/C(C)=C(/C=N\C(C)Nc2ccc(N3CCN(CCF)CC3)cc2)OC)c1. The Morgan fingerprint density at radius 1 is 1.11 bits per heavy atom. The van der Waals surface area contributed by atoms with Gasteiger partial charge in [0.2, 0.25) is 5.91 Å². The highest BCUT2D eigenvalue weighted by molar-refractivity contribution is 5.99. The molecule has 37 heavy (non-hydrogen) atoms. The lowest BCUT2D eigenvalue weighted by Gasteiger charge is -2.35. The zero-order valence-electron chi connectivity index (χ0n) is 21.8. The molecule has 1 unspecified atom stereocenters. The fourth-order valence-electron chi connectivity index (χ4n) is 4.02. The molecule has 198 valence electrons. The number of halogens is 1. The minimum Gasteiger partial charge on any atom is -0.493 e. The number of ether oxygens (including phenoxy) is 1. The third-order valence-electron chi connectivity index (χ3n) is 6.03. The van der Waals surface area contributed by atoms with Gasteiger partial charge in [0.15, 0.2) is 5.76 Å². The van der Waals surface area contributed by atoms with E-state index in [1.54, 1.807) is 19.4 Å². The Bertz CT molecular complexity index is 1090. The highest BCUT2D eigenvalue weighted by Crippen LogP contribution is 2.21. The number of methoxy groups -OCH3 is 1. The molecule has 0 bridgehead atoms. The Morgan fingerprint density at radius 2 is 1.78 bits per heavy atom. The van der Waals surface area contributed by atoms with Gasteiger partial charge in [-0.3, -0.25) is 14.7 Å². The zero-order valence-corrected chi connectivity index (χ0v) is 21.8. The number of anilines is 4. The predicted molar refractivity (Wildman–Crippen MR) is 151 cm³/mol. The molecular formula is C28H37FN6O2. The molecule has 0 saturated carbocycles. The van der Waals surface area contributed by atoms with Gasteiger partial charge in [0.05, 0.1) is 19.0 Å². The largest absolute Gasteiger partial charge is 0.493 e. The molecule has 1 atom stereocenters. The molecule has 1 heterocycles. The summed E-state index contributed by atoms with van der Waals surface area (Å²) in [5.74, 6) is 0.328. The summed E-state index contributed by atoms with van der Waals surface area (Å²) < 4.78 is 18.1. The smallest absolute Gasteiger partial charge is 0.247 e. The van der Waals surface area contributed by atoms with Gasteiger partial charge in [-0.15, -0.1) is 0 Å². The summed E-state index contributed by atoms with van der Waals surface area (Å²) in [7, 11) is 1.60. The molecule has 0 aromatic heterocycles. The van der Waals surface area contributed by atoms with E-state index in [9.17, 15) is 9.18 Å². The summed E-state index contributed by atoms with van der Waals surface area (Å²) in [4.78, 5) is 20.6. The summed E-state index contributed by atoms with van der Waals surface area (Å²) in [6, 6.07) is 15.7. The predicted octanol–water partition coefficient (Wildman–Crippen LogP) is 4.72. The number of allylic oxidation sites excluding steroid dienone is 2. The molecule has 1 aliphatic rings. The van der Waals surface area contributed by atoms with E-state index < -0.39 is 0 Å². The average molecular weight is 509 g/mol. The summed E-state index contributed by atoms with van der Waals surface area (Å²) in [6.07, 6.45) is 2.74. The standard InChI is InChI=1S/C28H37FN6O2/c1-5-28(36)33-25-8-6-7-24(19-25)31-21(2)27(37-4)20-30-22(3)32-23-9-11-26(12-10-23)35-17-15-34(14-13-29)16-18-35/h5-12,19-20,22,31-32H,1,13-18H2,2-4H3,(H,33,36)/b27-21-,30-20-. The third-order valence-corrected chi connectivity index (χ3v) is 6.03. The van der Waals surface area contributed by atoms with E-state index in [1.807, 2.05) is 44.2 Å². The van der Waals surface area contributed by atoms with Gasteiger partial charge in [0, 0.05) is 55.5 Å². The van der Waals surface area contributed by atoms with E-state index in [2.05, 4.69) is 49.5 Å². The van der Waals surface area contributed by atoms with Crippen molar-refractivity contribution in [3.63, 3.8) is 0 Å². The first-order valence-electron chi connectivity index (χ1n) is 12.4. The van der Waals surface area contributed by atoms with Crippen LogP contribution in [0, 0.1) is 0 Å². The molecule has 8 nitrogen and oxygen atoms in total. The summed E-state index contributed by atoms with van der Waals surface area (Å²) >= 11 is 0. The van der Waals surface area contributed by atoms with E-state index in [0.29, 0.717) is 18.0 Å². The second kappa shape index (κ2) is 14.0. The lowest BCUT2D eigenvalue weighted by atomic mass is 10.2. The van der Waals surface area contributed by atoms with Crippen LogP contribution < -0.4 is 20.9 Å². The minimum atomic E-state index is -0.288. The first kappa shape index (κ1) is 27.7. The van der Waals surface area contributed by atoms with Crippen molar-refractivity contribution in [1.29, 1.82) is 0 Å². The van der Waals surface area contributed by atoms with Gasteiger partial charge in [-0.1, -0.05) is 12.6 Å². The number of rotatable bonds is 12. The van der Waals surface area contributed by atoms with Crippen molar-refractivity contribution in [3.05, 3.63) is 72.6 Å². The molecule has 9 heteroatoms. The number of amides is 1. The Kier molecular flexibility index (Phi) is 10.5. The van der Waals surface area contributed by atoms with Crippen LogP contribution in [-0.2, 0) is 9.53 Å². The normalized spacial score (nSPS) is 15.6. The molecular weight excluding hydrogens is 471 g/mol. The lowest BCUT2D eigenvalue weighted by molar-refractivity contribution is -0.111. The van der Waals surface area contributed by atoms with E-state index in [0.717, 1.165) is 43.3 Å². The van der Waals surface area contributed by atoms with Crippen molar-refractivity contribution >= 4 is 34.9 Å². The first-order chi connectivity index (χ1) is 17.9. The number of aliphatic imine (C=N–C) groups is 1. The first-order valence-corrected chi connectivity index (χ1v) is 12.4. The van der Waals surface area contributed by atoms with Gasteiger partial charge < -0.3 is 25.6 Å². The maximum Gasteiger partial charge on any atom is 0.247 e. The Labute approximate surface area is 218 Å². The molecule has 3 N–H and O–H groups in total. The Morgan fingerprint density at radius 3 is 2.41 bits per heavy atom. The lowest BCUT2D eigenvalue weighted by Crippen LogP contribution is -2.47. The molecule has 1 amide bonds. The van der Waals surface area contributed by atoms with Crippen LogP contribution in [0.15, 0.2) is 77.6 Å². The molecule has 2 aromatic rings. The van der Waals surface area contributed by atoms with Gasteiger partial charge in [-0.2, -0.15) is 0 Å². The number of carbonyl (C=O) groups excluding carboxylic acids is 1. The number of carbonyl (C=O) groups is 1. The highest BCUT2D eigenvalue weighted by atomic mass is 19.1. The second-order valence-corrected chi connectivity index (χ2v) is 8.76. The minimum absolute atomic E-state index is 0.175. The van der Waals surface area contributed by atoms with Crippen molar-refractivity contribution in [2.45, 2.75) is 20.0 Å². The molecule has 3 rings (SSSR count). The van der Waals surface area contributed by atoms with E-state index >= 15 is 0 Å². The maximum atomic E-state index is 12.6. The van der Waals surface area contributed by atoms with Crippen LogP contribution in [0.3, 0.4) is 0 Å². The quantitative estimate of drug-likeness (QED) is 0.219. The number of nitrogens with one attached hydrogen (secondary N) is 3. The van der Waals surface area contributed by atoms with Crippen LogP contribution in [0.1, 0.15) is 13.8 Å². The molecule has 0 spiro atoms. The Hall–Kier alpha value is -3.85. The van der Waals surface area contributed by atoms with Crippen LogP contribution in [0.5, 0.6) is 0 Å². The third kappa shape index (κ3) is 8.64. The van der Waals surface area contributed by atoms with Crippen LogP contribution in [0.2, 0.25) is 0 Å². The van der Waals surface area contributed by atoms with Crippen LogP contribution in [0.25, 0.3) is 0 Å². The molecule has 1 saturated heterocycles. The number of nitrogens with zero attached hydrogens (tertiary/aromatic N) is 3. The number of hydrogen-bond acceptors (Lipinski definition) is 7. The van der Waals surface area contributed by atoms with Gasteiger partial charge >= 0.3 is 0 Å². The van der Waals surface area contributed by atoms with Crippen LogP contribution in [0.4, 0.5) is 27.1 Å². The summed E-state index contributed by atoms with van der Waals surface area (Å²) in [5.41, 5.74) is 4.39. The van der Waals surface area contributed by atoms with Gasteiger partial charge in [0.1, 0.15) is 12.8 Å². The van der Waals surface area contributed by atoms with Gasteiger partial charge in [-0.05, 0) is 62.4 Å². The summed E-state index contributed by atoms with van der Waals surface area (Å²) in [5, 5.41) is 9.41. The summed E-state index contributed by atoms with van der Waals surface area (Å²) in [6.45, 7) is 11.1. The van der Waals surface area contributed by atoms with Crippen molar-refractivity contribution < 1.29 is 13.9 Å². The molecule has 1 fully saturated rings. The van der Waals surface area contributed by atoms with E-state index in [1.165, 1.54) is 11.8 Å². The van der Waals surface area contributed by atoms with Crippen LogP contribution in [-0.4, -0.2) is 69.7 Å². The number of hydrogen-bond donors (Lipinski definition) is 3. The maximum absolute atomic E-state index is 12.6. The molecule has 2 aromatic carbocycles. The fourth-order valence-corrected chi connectivity index (χ4v) is 4.02. The van der Waals surface area contributed by atoms with E-state index in [4.69, 9.17) is 4.74 Å². The second-order valence-electron chi connectivity index (χ2n) is 8.76. The van der Waals surface area contributed by atoms with Gasteiger partial charge in [-0.25, -0.2) is 4.39 Å². The Balaban J connectivity index is 1.55. The van der Waals surface area contributed by atoms with Crippen molar-refractivity contribution in [3.8, 4) is 0 Å². The van der Waals surface area contributed by atoms with Crippen molar-refractivity contribution in [2.24, 2.45) is 4.99 Å². The topological polar surface area (TPSA) is 81.2 Å². The molecule has 0 aliphatic carbocycles. The van der Waals surface area contributed by atoms with Crippen LogP contribution >= 0.6 is 0 Å². The number of piperazine rings is 1. The number of alkyl halides is 1.